The standard InChI is InChI=1S/C17H11F2N3S/c18-14-4-2-12(3-5-14)16-9-21-17(22-16)23-10-13-7-11(8-20)1-6-15(13)19/h1-7,9H,10H2,(H,21,22). The van der Waals surface area contributed by atoms with E-state index >= 15 is 0 Å². The number of thioether (sulfide) groups is 1. The number of aromatic amines is 1. The zero-order chi connectivity index (χ0) is 16.2. The summed E-state index contributed by atoms with van der Waals surface area (Å²) in [6.07, 6.45) is 1.65. The highest BCUT2D eigenvalue weighted by Gasteiger charge is 2.08. The summed E-state index contributed by atoms with van der Waals surface area (Å²) in [5.41, 5.74) is 2.46. The molecule has 0 atom stereocenters. The Labute approximate surface area is 136 Å². The first-order chi connectivity index (χ1) is 11.2. The molecule has 23 heavy (non-hydrogen) atoms. The third-order valence-electron chi connectivity index (χ3n) is 3.25. The van der Waals surface area contributed by atoms with Crippen LogP contribution in [0.25, 0.3) is 11.3 Å². The van der Waals surface area contributed by atoms with Crippen molar-refractivity contribution in [1.29, 1.82) is 5.26 Å². The molecular weight excluding hydrogens is 316 g/mol. The molecule has 2 aromatic carbocycles. The second kappa shape index (κ2) is 6.63. The minimum absolute atomic E-state index is 0.296. The number of imidazole rings is 1. The van der Waals surface area contributed by atoms with Crippen LogP contribution in [0.5, 0.6) is 0 Å². The first-order valence-electron chi connectivity index (χ1n) is 6.78. The Balaban J connectivity index is 1.73. The summed E-state index contributed by atoms with van der Waals surface area (Å²) in [4.78, 5) is 7.34. The molecule has 1 heterocycles. The van der Waals surface area contributed by atoms with Gasteiger partial charge in [0.1, 0.15) is 11.6 Å². The van der Waals surface area contributed by atoms with Crippen molar-refractivity contribution in [1.82, 2.24) is 9.97 Å². The smallest absolute Gasteiger partial charge is 0.166 e. The second-order valence-electron chi connectivity index (χ2n) is 4.82. The molecule has 3 aromatic rings. The second-order valence-corrected chi connectivity index (χ2v) is 5.78. The Bertz CT molecular complexity index is 866. The number of rotatable bonds is 4. The van der Waals surface area contributed by atoms with Crippen LogP contribution in [-0.4, -0.2) is 9.97 Å². The predicted octanol–water partition coefficient (Wildman–Crippen LogP) is 4.52. The van der Waals surface area contributed by atoms with E-state index in [9.17, 15) is 8.78 Å². The summed E-state index contributed by atoms with van der Waals surface area (Å²) in [6, 6.07) is 12.3. The van der Waals surface area contributed by atoms with E-state index in [2.05, 4.69) is 9.97 Å². The maximum absolute atomic E-state index is 13.7. The van der Waals surface area contributed by atoms with Gasteiger partial charge in [0.05, 0.1) is 23.5 Å². The molecule has 0 saturated heterocycles. The highest BCUT2D eigenvalue weighted by atomic mass is 32.2. The van der Waals surface area contributed by atoms with Crippen LogP contribution in [0.3, 0.4) is 0 Å². The number of halogens is 2. The molecule has 0 aliphatic carbocycles. The van der Waals surface area contributed by atoms with Crippen molar-refractivity contribution in [2.45, 2.75) is 10.9 Å². The van der Waals surface area contributed by atoms with Gasteiger partial charge in [0.2, 0.25) is 0 Å². The molecule has 0 fully saturated rings. The van der Waals surface area contributed by atoms with Crippen LogP contribution in [0.2, 0.25) is 0 Å². The minimum atomic E-state index is -0.346. The van der Waals surface area contributed by atoms with Gasteiger partial charge in [-0.3, -0.25) is 0 Å². The largest absolute Gasteiger partial charge is 0.333 e. The van der Waals surface area contributed by atoms with Crippen LogP contribution in [0.1, 0.15) is 11.1 Å². The monoisotopic (exact) mass is 327 g/mol. The van der Waals surface area contributed by atoms with Crippen molar-refractivity contribution >= 4 is 11.8 Å². The number of nitriles is 1. The molecule has 3 rings (SSSR count). The Kier molecular flexibility index (Phi) is 4.40. The molecule has 0 unspecified atom stereocenters. The number of nitrogens with zero attached hydrogens (tertiary/aromatic N) is 2. The number of nitrogens with one attached hydrogen (secondary N) is 1. The molecule has 3 nitrogen and oxygen atoms in total. The van der Waals surface area contributed by atoms with Crippen molar-refractivity contribution < 1.29 is 8.78 Å². The van der Waals surface area contributed by atoms with Crippen LogP contribution in [0, 0.1) is 23.0 Å². The lowest BCUT2D eigenvalue weighted by atomic mass is 10.1. The van der Waals surface area contributed by atoms with Gasteiger partial charge in [-0.05, 0) is 53.6 Å². The average Bonchev–Trinajstić information content (AvgIpc) is 3.04. The van der Waals surface area contributed by atoms with E-state index in [-0.39, 0.29) is 11.6 Å². The number of hydrogen-bond acceptors (Lipinski definition) is 3. The van der Waals surface area contributed by atoms with Gasteiger partial charge < -0.3 is 4.98 Å². The van der Waals surface area contributed by atoms with Crippen LogP contribution < -0.4 is 0 Å². The van der Waals surface area contributed by atoms with E-state index in [1.165, 1.54) is 42.1 Å². The molecule has 0 bridgehead atoms. The Hall–Kier alpha value is -2.65. The highest BCUT2D eigenvalue weighted by molar-refractivity contribution is 7.98. The molecule has 0 aliphatic rings. The predicted molar refractivity (Wildman–Crippen MR) is 84.7 cm³/mol. The molecule has 1 N–H and O–H groups in total. The van der Waals surface area contributed by atoms with Crippen LogP contribution in [-0.2, 0) is 5.75 Å². The zero-order valence-electron chi connectivity index (χ0n) is 11.9. The summed E-state index contributed by atoms with van der Waals surface area (Å²) in [5, 5.41) is 9.49. The quantitative estimate of drug-likeness (QED) is 0.717. The average molecular weight is 327 g/mol. The third kappa shape index (κ3) is 3.58. The van der Waals surface area contributed by atoms with E-state index in [4.69, 9.17) is 5.26 Å². The van der Waals surface area contributed by atoms with E-state index < -0.39 is 0 Å². The molecule has 0 saturated carbocycles. The van der Waals surface area contributed by atoms with Crippen molar-refractivity contribution in [2.24, 2.45) is 0 Å². The van der Waals surface area contributed by atoms with E-state index in [1.807, 2.05) is 6.07 Å². The Morgan fingerprint density at radius 3 is 2.65 bits per heavy atom. The molecule has 0 spiro atoms. The fourth-order valence-corrected chi connectivity index (χ4v) is 2.88. The molecule has 1 aromatic heterocycles. The van der Waals surface area contributed by atoms with Gasteiger partial charge in [-0.15, -0.1) is 0 Å². The van der Waals surface area contributed by atoms with Crippen LogP contribution >= 0.6 is 11.8 Å². The van der Waals surface area contributed by atoms with Gasteiger partial charge in [-0.1, -0.05) is 11.8 Å². The van der Waals surface area contributed by atoms with E-state index in [0.29, 0.717) is 22.0 Å². The summed E-state index contributed by atoms with van der Waals surface area (Å²) >= 11 is 1.34. The van der Waals surface area contributed by atoms with Gasteiger partial charge in [0.25, 0.3) is 0 Å². The Morgan fingerprint density at radius 1 is 1.13 bits per heavy atom. The first kappa shape index (κ1) is 15.3. The van der Waals surface area contributed by atoms with Crippen molar-refractivity contribution in [3.05, 3.63) is 71.4 Å². The summed E-state index contributed by atoms with van der Waals surface area (Å²) < 4.78 is 26.7. The normalized spacial score (nSPS) is 10.5. The molecule has 0 radical (unpaired) electrons. The molecule has 6 heteroatoms. The summed E-state index contributed by atoms with van der Waals surface area (Å²) in [7, 11) is 0. The minimum Gasteiger partial charge on any atom is -0.333 e. The summed E-state index contributed by atoms with van der Waals surface area (Å²) in [5.74, 6) is -0.282. The fraction of sp³-hybridized carbons (Fsp3) is 0.0588. The topological polar surface area (TPSA) is 52.5 Å². The van der Waals surface area contributed by atoms with Crippen molar-refractivity contribution in [3.8, 4) is 17.3 Å². The van der Waals surface area contributed by atoms with Gasteiger partial charge in [0.15, 0.2) is 5.16 Å². The number of hydrogen-bond donors (Lipinski definition) is 1. The number of aromatic nitrogens is 2. The van der Waals surface area contributed by atoms with Gasteiger partial charge in [0, 0.05) is 5.75 Å². The maximum Gasteiger partial charge on any atom is 0.166 e. The summed E-state index contributed by atoms with van der Waals surface area (Å²) in [6.45, 7) is 0. The molecule has 0 aliphatic heterocycles. The maximum atomic E-state index is 13.7. The number of H-pyrrole nitrogens is 1. The Morgan fingerprint density at radius 2 is 1.91 bits per heavy atom. The molecule has 0 amide bonds. The van der Waals surface area contributed by atoms with Crippen molar-refractivity contribution in [3.63, 3.8) is 0 Å². The van der Waals surface area contributed by atoms with E-state index in [1.54, 1.807) is 18.3 Å². The molecular formula is C17H11F2N3S. The van der Waals surface area contributed by atoms with E-state index in [0.717, 1.165) is 11.3 Å². The van der Waals surface area contributed by atoms with Crippen LogP contribution in [0.4, 0.5) is 8.78 Å². The lowest BCUT2D eigenvalue weighted by Gasteiger charge is -2.02. The van der Waals surface area contributed by atoms with Gasteiger partial charge >= 0.3 is 0 Å². The SMILES string of the molecule is N#Cc1ccc(F)c(CSc2ncc(-c3ccc(F)cc3)[nH]2)c1. The fourth-order valence-electron chi connectivity index (χ4n) is 2.05. The van der Waals surface area contributed by atoms with Gasteiger partial charge in [-0.2, -0.15) is 5.26 Å². The lowest BCUT2D eigenvalue weighted by molar-refractivity contribution is 0.617. The first-order valence-corrected chi connectivity index (χ1v) is 7.76. The molecule has 114 valence electrons. The highest BCUT2D eigenvalue weighted by Crippen LogP contribution is 2.25. The third-order valence-corrected chi connectivity index (χ3v) is 4.18. The number of benzene rings is 2. The zero-order valence-corrected chi connectivity index (χ0v) is 12.7. The lowest BCUT2D eigenvalue weighted by Crippen LogP contribution is -1.90. The van der Waals surface area contributed by atoms with Crippen molar-refractivity contribution in [2.75, 3.05) is 0 Å². The van der Waals surface area contributed by atoms with Crippen LogP contribution in [0.15, 0.2) is 53.8 Å². The van der Waals surface area contributed by atoms with Gasteiger partial charge in [-0.25, -0.2) is 13.8 Å².